The fraction of sp³-hybridized carbons (Fsp3) is 0.118. The Balaban J connectivity index is 1.79. The number of aromatic hydroxyl groups is 1. The van der Waals surface area contributed by atoms with E-state index in [4.69, 9.17) is 4.74 Å². The average Bonchev–Trinajstić information content (AvgIpc) is 2.92. The molecule has 0 saturated heterocycles. The molecule has 3 rings (SSSR count). The number of phenols is 1. The lowest BCUT2D eigenvalue weighted by Gasteiger charge is -2.04. The van der Waals surface area contributed by atoms with Gasteiger partial charge in [0.05, 0.1) is 19.0 Å². The van der Waals surface area contributed by atoms with Gasteiger partial charge in [-0.1, -0.05) is 6.07 Å². The first-order valence-electron chi connectivity index (χ1n) is 7.24. The van der Waals surface area contributed by atoms with E-state index in [0.29, 0.717) is 28.3 Å². The minimum atomic E-state index is -0.354. The zero-order chi connectivity index (χ0) is 17.1. The van der Waals surface area contributed by atoms with Crippen LogP contribution in [0.25, 0.3) is 5.65 Å². The van der Waals surface area contributed by atoms with Crippen LogP contribution in [0.3, 0.4) is 0 Å². The summed E-state index contributed by atoms with van der Waals surface area (Å²) in [7, 11) is 1.46. The van der Waals surface area contributed by atoms with Crippen LogP contribution in [-0.4, -0.2) is 33.7 Å². The van der Waals surface area contributed by atoms with Gasteiger partial charge in [0.25, 0.3) is 5.91 Å². The summed E-state index contributed by atoms with van der Waals surface area (Å²) in [5, 5.41) is 13.5. The Morgan fingerprint density at radius 1 is 1.38 bits per heavy atom. The molecule has 0 aliphatic rings. The molecule has 1 amide bonds. The van der Waals surface area contributed by atoms with Gasteiger partial charge in [-0.3, -0.25) is 9.20 Å². The minimum Gasteiger partial charge on any atom is -0.504 e. The number of phenolic OH excluding ortho intramolecular Hbond substituents is 1. The normalized spacial score (nSPS) is 11.1. The van der Waals surface area contributed by atoms with Crippen molar-refractivity contribution in [2.75, 3.05) is 7.11 Å². The number of ether oxygens (including phenoxy) is 1. The first-order valence-corrected chi connectivity index (χ1v) is 7.24. The van der Waals surface area contributed by atoms with Gasteiger partial charge in [0.2, 0.25) is 0 Å². The van der Waals surface area contributed by atoms with Gasteiger partial charge in [-0.25, -0.2) is 10.4 Å². The molecule has 0 aliphatic heterocycles. The van der Waals surface area contributed by atoms with Crippen molar-refractivity contribution in [1.82, 2.24) is 14.8 Å². The summed E-state index contributed by atoms with van der Waals surface area (Å²) in [4.78, 5) is 16.7. The van der Waals surface area contributed by atoms with Crippen molar-refractivity contribution in [1.29, 1.82) is 0 Å². The lowest BCUT2D eigenvalue weighted by molar-refractivity contribution is 0.0948. The van der Waals surface area contributed by atoms with Gasteiger partial charge in [-0.15, -0.1) is 0 Å². The van der Waals surface area contributed by atoms with Gasteiger partial charge in [0, 0.05) is 6.20 Å². The van der Waals surface area contributed by atoms with Crippen LogP contribution < -0.4 is 10.2 Å². The molecular weight excluding hydrogens is 308 g/mol. The number of imidazole rings is 1. The number of fused-ring (bicyclic) bond motifs is 1. The van der Waals surface area contributed by atoms with Gasteiger partial charge in [-0.2, -0.15) is 5.10 Å². The van der Waals surface area contributed by atoms with E-state index in [2.05, 4.69) is 15.5 Å². The molecule has 2 heterocycles. The Labute approximate surface area is 138 Å². The molecule has 2 N–H and O–H groups in total. The van der Waals surface area contributed by atoms with Crippen molar-refractivity contribution in [3.63, 3.8) is 0 Å². The van der Waals surface area contributed by atoms with Crippen LogP contribution in [0.5, 0.6) is 11.5 Å². The van der Waals surface area contributed by atoms with Crippen LogP contribution in [0.15, 0.2) is 47.7 Å². The fourth-order valence-electron chi connectivity index (χ4n) is 2.38. The number of hydrazone groups is 1. The maximum atomic E-state index is 12.4. The lowest BCUT2D eigenvalue weighted by Crippen LogP contribution is -2.20. The maximum absolute atomic E-state index is 12.4. The topological polar surface area (TPSA) is 88.2 Å². The predicted octanol–water partition coefficient (Wildman–Crippen LogP) is 2.12. The number of pyridine rings is 1. The summed E-state index contributed by atoms with van der Waals surface area (Å²) in [6.45, 7) is 1.77. The largest absolute Gasteiger partial charge is 0.504 e. The van der Waals surface area contributed by atoms with Gasteiger partial charge >= 0.3 is 0 Å². The molecule has 7 heteroatoms. The van der Waals surface area contributed by atoms with Gasteiger partial charge in [0.15, 0.2) is 11.5 Å². The van der Waals surface area contributed by atoms with Crippen LogP contribution in [0.4, 0.5) is 0 Å². The third-order valence-electron chi connectivity index (χ3n) is 3.50. The molecule has 0 aliphatic carbocycles. The Morgan fingerprint density at radius 2 is 2.21 bits per heavy atom. The number of nitrogens with zero attached hydrogens (tertiary/aromatic N) is 3. The van der Waals surface area contributed by atoms with E-state index in [-0.39, 0.29) is 11.7 Å². The molecule has 3 aromatic rings. The first kappa shape index (κ1) is 15.5. The number of amides is 1. The zero-order valence-electron chi connectivity index (χ0n) is 13.2. The Hall–Kier alpha value is -3.35. The Morgan fingerprint density at radius 3 is 3.00 bits per heavy atom. The monoisotopic (exact) mass is 324 g/mol. The average molecular weight is 324 g/mol. The second kappa shape index (κ2) is 6.41. The van der Waals surface area contributed by atoms with Crippen molar-refractivity contribution in [3.8, 4) is 11.5 Å². The number of methoxy groups -OCH3 is 1. The highest BCUT2D eigenvalue weighted by Gasteiger charge is 2.15. The van der Waals surface area contributed by atoms with E-state index in [1.165, 1.54) is 19.4 Å². The van der Waals surface area contributed by atoms with Crippen molar-refractivity contribution in [2.24, 2.45) is 5.10 Å². The summed E-state index contributed by atoms with van der Waals surface area (Å²) >= 11 is 0. The molecule has 0 unspecified atom stereocenters. The van der Waals surface area contributed by atoms with Gasteiger partial charge < -0.3 is 9.84 Å². The van der Waals surface area contributed by atoms with Crippen molar-refractivity contribution in [2.45, 2.75) is 6.92 Å². The highest BCUT2D eigenvalue weighted by Crippen LogP contribution is 2.25. The molecule has 0 bridgehead atoms. The molecule has 2 aromatic heterocycles. The van der Waals surface area contributed by atoms with Crippen LogP contribution in [0.2, 0.25) is 0 Å². The number of hydrogen-bond donors (Lipinski definition) is 2. The summed E-state index contributed by atoms with van der Waals surface area (Å²) in [5.74, 6) is 0.0242. The standard InChI is InChI=1S/C17H16N4O3/c1-11-16(21-8-4-3-5-15(21)19-11)17(23)20-18-10-12-6-7-13(22)14(9-12)24-2/h3-10,22H,1-2H3,(H,20,23). The highest BCUT2D eigenvalue weighted by molar-refractivity contribution is 5.95. The number of rotatable bonds is 4. The second-order valence-electron chi connectivity index (χ2n) is 5.11. The molecule has 7 nitrogen and oxygen atoms in total. The third kappa shape index (κ3) is 2.91. The predicted molar refractivity (Wildman–Crippen MR) is 89.6 cm³/mol. The molecule has 122 valence electrons. The number of benzene rings is 1. The maximum Gasteiger partial charge on any atom is 0.290 e. The van der Waals surface area contributed by atoms with E-state index in [0.717, 1.165) is 0 Å². The lowest BCUT2D eigenvalue weighted by atomic mass is 10.2. The van der Waals surface area contributed by atoms with E-state index >= 15 is 0 Å². The van der Waals surface area contributed by atoms with E-state index in [1.807, 2.05) is 18.2 Å². The number of carbonyl (C=O) groups excluding carboxylic acids is 1. The highest BCUT2D eigenvalue weighted by atomic mass is 16.5. The molecule has 0 fully saturated rings. The Kier molecular flexibility index (Phi) is 4.15. The fourth-order valence-corrected chi connectivity index (χ4v) is 2.38. The Bertz CT molecular complexity index is 931. The molecule has 24 heavy (non-hydrogen) atoms. The number of nitrogens with one attached hydrogen (secondary N) is 1. The molecule has 0 spiro atoms. The molecule has 1 aromatic carbocycles. The molecule has 0 atom stereocenters. The number of aromatic nitrogens is 2. The van der Waals surface area contributed by atoms with E-state index < -0.39 is 0 Å². The quantitative estimate of drug-likeness (QED) is 0.568. The number of hydrogen-bond acceptors (Lipinski definition) is 5. The SMILES string of the molecule is COc1cc(C=NNC(=O)c2c(C)nc3ccccn23)ccc1O. The third-order valence-corrected chi connectivity index (χ3v) is 3.50. The molecule has 0 saturated carbocycles. The van der Waals surface area contributed by atoms with Crippen molar-refractivity contribution < 1.29 is 14.6 Å². The number of aryl methyl sites for hydroxylation is 1. The summed E-state index contributed by atoms with van der Waals surface area (Å²) in [6, 6.07) is 10.3. The van der Waals surface area contributed by atoms with Crippen molar-refractivity contribution in [3.05, 3.63) is 59.5 Å². The van der Waals surface area contributed by atoms with Gasteiger partial charge in [-0.05, 0) is 42.8 Å². The van der Waals surface area contributed by atoms with E-state index in [9.17, 15) is 9.90 Å². The first-order chi connectivity index (χ1) is 11.6. The number of carbonyl (C=O) groups is 1. The summed E-state index contributed by atoms with van der Waals surface area (Å²) in [5.41, 5.74) is 4.93. The molecular formula is C17H16N4O3. The molecule has 0 radical (unpaired) electrons. The second-order valence-corrected chi connectivity index (χ2v) is 5.11. The summed E-state index contributed by atoms with van der Waals surface area (Å²) < 4.78 is 6.74. The van der Waals surface area contributed by atoms with Crippen LogP contribution in [0.1, 0.15) is 21.7 Å². The van der Waals surface area contributed by atoms with E-state index in [1.54, 1.807) is 29.7 Å². The van der Waals surface area contributed by atoms with Crippen LogP contribution in [-0.2, 0) is 0 Å². The smallest absolute Gasteiger partial charge is 0.290 e. The zero-order valence-corrected chi connectivity index (χ0v) is 13.2. The van der Waals surface area contributed by atoms with Crippen LogP contribution in [0, 0.1) is 6.92 Å². The summed E-state index contributed by atoms with van der Waals surface area (Å²) in [6.07, 6.45) is 3.25. The van der Waals surface area contributed by atoms with Crippen molar-refractivity contribution >= 4 is 17.8 Å². The van der Waals surface area contributed by atoms with Gasteiger partial charge in [0.1, 0.15) is 11.3 Å². The minimum absolute atomic E-state index is 0.0417. The van der Waals surface area contributed by atoms with Crippen LogP contribution >= 0.6 is 0 Å².